The van der Waals surface area contributed by atoms with Gasteiger partial charge in [-0.1, -0.05) is 13.8 Å². The van der Waals surface area contributed by atoms with E-state index in [0.717, 1.165) is 18.2 Å². The molecule has 0 aliphatic heterocycles. The van der Waals surface area contributed by atoms with Crippen molar-refractivity contribution in [1.82, 2.24) is 9.29 Å². The number of nitrogens with zero attached hydrogens (tertiary/aromatic N) is 2. The van der Waals surface area contributed by atoms with Crippen molar-refractivity contribution in [1.29, 1.82) is 0 Å². The number of furan rings is 1. The van der Waals surface area contributed by atoms with Crippen molar-refractivity contribution in [3.8, 4) is 10.8 Å². The summed E-state index contributed by atoms with van der Waals surface area (Å²) in [6, 6.07) is 6.57. The van der Waals surface area contributed by atoms with E-state index in [4.69, 9.17) is 9.15 Å². The van der Waals surface area contributed by atoms with Crippen LogP contribution < -0.4 is 0 Å². The zero-order valence-corrected chi connectivity index (χ0v) is 17.4. The fraction of sp³-hybridized carbons (Fsp3) is 0.263. The number of esters is 1. The lowest BCUT2D eigenvalue weighted by Crippen LogP contribution is -2.30. The second-order valence-corrected chi connectivity index (χ2v) is 8.72. The molecule has 0 amide bonds. The first-order chi connectivity index (χ1) is 13.9. The largest absolute Gasteiger partial charge is 0.462 e. The van der Waals surface area contributed by atoms with E-state index in [-0.39, 0.29) is 24.6 Å². The molecule has 7 nitrogen and oxygen atoms in total. The van der Waals surface area contributed by atoms with Crippen molar-refractivity contribution < 1.29 is 26.8 Å². The van der Waals surface area contributed by atoms with Crippen molar-refractivity contribution in [3.63, 3.8) is 0 Å². The van der Waals surface area contributed by atoms with Crippen LogP contribution in [0.15, 0.2) is 51.3 Å². The van der Waals surface area contributed by atoms with E-state index in [9.17, 15) is 17.6 Å². The van der Waals surface area contributed by atoms with E-state index < -0.39 is 27.4 Å². The van der Waals surface area contributed by atoms with Gasteiger partial charge in [0.25, 0.3) is 0 Å². The molecule has 3 rings (SSSR count). The highest BCUT2D eigenvalue weighted by Gasteiger charge is 2.25. The van der Waals surface area contributed by atoms with Gasteiger partial charge in [-0.2, -0.15) is 4.31 Å². The van der Waals surface area contributed by atoms with Gasteiger partial charge < -0.3 is 9.15 Å². The maximum atomic E-state index is 14.2. The number of halogens is 1. The van der Waals surface area contributed by atoms with Crippen LogP contribution in [0.25, 0.3) is 10.8 Å². The summed E-state index contributed by atoms with van der Waals surface area (Å²) in [6.45, 7) is 3.74. The quantitative estimate of drug-likeness (QED) is 0.495. The summed E-state index contributed by atoms with van der Waals surface area (Å²) in [5, 5.41) is 2.32. The van der Waals surface area contributed by atoms with E-state index >= 15 is 0 Å². The minimum atomic E-state index is -3.83. The highest BCUT2D eigenvalue weighted by atomic mass is 32.2. The average molecular weight is 439 g/mol. The predicted octanol–water partition coefficient (Wildman–Crippen LogP) is 3.93. The number of aromatic nitrogens is 1. The maximum Gasteiger partial charge on any atom is 0.341 e. The zero-order valence-electron chi connectivity index (χ0n) is 15.8. The number of rotatable bonds is 8. The standard InChI is InChI=1S/C19H19FN2O5S2/c1-3-22(4-2)29(24,25)14-7-8-16(20)15(10-14)19(23)27-11-13-12-28-18(21-13)17-6-5-9-26-17/h5-10,12H,3-4,11H2,1-2H3. The molecule has 0 saturated carbocycles. The van der Waals surface area contributed by atoms with Crippen LogP contribution >= 0.6 is 11.3 Å². The van der Waals surface area contributed by atoms with Gasteiger partial charge in [0.05, 0.1) is 22.4 Å². The minimum absolute atomic E-state index is 0.164. The molecule has 0 saturated heterocycles. The predicted molar refractivity (Wildman–Crippen MR) is 105 cm³/mol. The Labute approximate surface area is 171 Å². The summed E-state index contributed by atoms with van der Waals surface area (Å²) in [4.78, 5) is 16.5. The molecule has 154 valence electrons. The van der Waals surface area contributed by atoms with Crippen LogP contribution in [0.3, 0.4) is 0 Å². The molecule has 0 atom stereocenters. The van der Waals surface area contributed by atoms with Crippen LogP contribution in [-0.2, 0) is 21.4 Å². The second-order valence-electron chi connectivity index (χ2n) is 5.93. The number of carbonyl (C=O) groups excluding carboxylic acids is 1. The number of sulfonamides is 1. The molecule has 0 aliphatic carbocycles. The number of hydrogen-bond acceptors (Lipinski definition) is 7. The van der Waals surface area contributed by atoms with E-state index in [2.05, 4.69) is 4.98 Å². The zero-order chi connectivity index (χ0) is 21.0. The Morgan fingerprint density at radius 2 is 2.03 bits per heavy atom. The lowest BCUT2D eigenvalue weighted by atomic mass is 10.2. The molecule has 10 heteroatoms. The fourth-order valence-electron chi connectivity index (χ4n) is 2.64. The third-order valence-corrected chi connectivity index (χ3v) is 7.09. The molecule has 3 aromatic rings. The smallest absolute Gasteiger partial charge is 0.341 e. The van der Waals surface area contributed by atoms with Crippen LogP contribution in [-0.4, -0.2) is 36.8 Å². The van der Waals surface area contributed by atoms with Crippen LogP contribution in [0.4, 0.5) is 4.39 Å². The molecule has 0 radical (unpaired) electrons. The topological polar surface area (TPSA) is 89.7 Å². The highest BCUT2D eigenvalue weighted by molar-refractivity contribution is 7.89. The fourth-order valence-corrected chi connectivity index (χ4v) is 4.89. The third kappa shape index (κ3) is 4.55. The monoisotopic (exact) mass is 438 g/mol. The first-order valence-corrected chi connectivity index (χ1v) is 11.1. The molecule has 29 heavy (non-hydrogen) atoms. The molecule has 2 heterocycles. The highest BCUT2D eigenvalue weighted by Crippen LogP contribution is 2.25. The van der Waals surface area contributed by atoms with E-state index in [1.165, 1.54) is 21.9 Å². The SMILES string of the molecule is CCN(CC)S(=O)(=O)c1ccc(F)c(C(=O)OCc2csc(-c3ccco3)n2)c1. The van der Waals surface area contributed by atoms with Gasteiger partial charge in [-0.15, -0.1) is 11.3 Å². The Morgan fingerprint density at radius 3 is 2.69 bits per heavy atom. The van der Waals surface area contributed by atoms with E-state index in [1.54, 1.807) is 31.4 Å². The molecular weight excluding hydrogens is 419 g/mol. The Morgan fingerprint density at radius 1 is 1.28 bits per heavy atom. The van der Waals surface area contributed by atoms with Crippen molar-refractivity contribution in [2.75, 3.05) is 13.1 Å². The van der Waals surface area contributed by atoms with Gasteiger partial charge in [0.1, 0.15) is 12.4 Å². The van der Waals surface area contributed by atoms with Gasteiger partial charge in [-0.05, 0) is 30.3 Å². The molecule has 1 aromatic carbocycles. The number of benzene rings is 1. The lowest BCUT2D eigenvalue weighted by Gasteiger charge is -2.18. The van der Waals surface area contributed by atoms with Crippen LogP contribution in [0.2, 0.25) is 0 Å². The molecule has 0 unspecified atom stereocenters. The molecular formula is C19H19FN2O5S2. The van der Waals surface area contributed by atoms with Crippen molar-refractivity contribution in [3.05, 3.63) is 59.0 Å². The van der Waals surface area contributed by atoms with Gasteiger partial charge in [0, 0.05) is 18.5 Å². The summed E-state index contributed by atoms with van der Waals surface area (Å²) in [7, 11) is -3.83. The Kier molecular flexibility index (Phi) is 6.46. The third-order valence-electron chi connectivity index (χ3n) is 4.14. The lowest BCUT2D eigenvalue weighted by molar-refractivity contribution is 0.0462. The van der Waals surface area contributed by atoms with Gasteiger partial charge in [-0.25, -0.2) is 22.6 Å². The Hall–Kier alpha value is -2.56. The number of ether oxygens (including phenoxy) is 1. The summed E-state index contributed by atoms with van der Waals surface area (Å²) in [5.74, 6) is -1.23. The van der Waals surface area contributed by atoms with Gasteiger partial charge >= 0.3 is 5.97 Å². The second kappa shape index (κ2) is 8.85. The first kappa shape index (κ1) is 21.2. The van der Waals surface area contributed by atoms with Crippen LogP contribution in [0.5, 0.6) is 0 Å². The van der Waals surface area contributed by atoms with Gasteiger partial charge in [0.15, 0.2) is 10.8 Å². The van der Waals surface area contributed by atoms with E-state index in [1.807, 2.05) is 0 Å². The molecule has 0 aliphatic rings. The van der Waals surface area contributed by atoms with Crippen molar-refractivity contribution in [2.45, 2.75) is 25.3 Å². The van der Waals surface area contributed by atoms with Crippen molar-refractivity contribution in [2.24, 2.45) is 0 Å². The molecule has 0 bridgehead atoms. The number of carbonyl (C=O) groups is 1. The number of thiazole rings is 1. The molecule has 0 fully saturated rings. The Balaban J connectivity index is 1.76. The first-order valence-electron chi connectivity index (χ1n) is 8.82. The van der Waals surface area contributed by atoms with Gasteiger partial charge in [-0.3, -0.25) is 0 Å². The molecule has 0 N–H and O–H groups in total. The van der Waals surface area contributed by atoms with Crippen LogP contribution in [0, 0.1) is 5.82 Å². The van der Waals surface area contributed by atoms with Crippen LogP contribution in [0.1, 0.15) is 29.9 Å². The summed E-state index contributed by atoms with van der Waals surface area (Å²) in [6.07, 6.45) is 1.53. The average Bonchev–Trinajstić information content (AvgIpc) is 3.38. The van der Waals surface area contributed by atoms with Crippen molar-refractivity contribution >= 4 is 27.3 Å². The van der Waals surface area contributed by atoms with Gasteiger partial charge in [0.2, 0.25) is 10.0 Å². The Bertz CT molecular complexity index is 1090. The normalized spacial score (nSPS) is 11.7. The number of hydrogen-bond donors (Lipinski definition) is 0. The molecule has 0 spiro atoms. The maximum absolute atomic E-state index is 14.2. The summed E-state index contributed by atoms with van der Waals surface area (Å²) in [5.41, 5.74) is 0.0294. The minimum Gasteiger partial charge on any atom is -0.462 e. The molecule has 2 aromatic heterocycles. The summed E-state index contributed by atoms with van der Waals surface area (Å²) < 4.78 is 51.0. The summed E-state index contributed by atoms with van der Waals surface area (Å²) >= 11 is 1.32. The van der Waals surface area contributed by atoms with E-state index in [0.29, 0.717) is 16.5 Å².